The third kappa shape index (κ3) is 3.88. The minimum atomic E-state index is -0.298. The summed E-state index contributed by atoms with van der Waals surface area (Å²) in [4.78, 5) is 0. The van der Waals surface area contributed by atoms with Crippen molar-refractivity contribution >= 4 is 5.69 Å². The molecule has 3 nitrogen and oxygen atoms in total. The lowest BCUT2D eigenvalue weighted by Crippen LogP contribution is -2.08. The molecule has 0 bridgehead atoms. The van der Waals surface area contributed by atoms with E-state index in [2.05, 4.69) is 5.32 Å². The van der Waals surface area contributed by atoms with Crippen LogP contribution in [0.2, 0.25) is 0 Å². The highest BCUT2D eigenvalue weighted by Gasteiger charge is 2.10. The number of rotatable bonds is 6. The summed E-state index contributed by atoms with van der Waals surface area (Å²) in [6.45, 7) is 4.57. The van der Waals surface area contributed by atoms with E-state index < -0.39 is 0 Å². The Hall–Kier alpha value is -2.23. The van der Waals surface area contributed by atoms with Crippen molar-refractivity contribution in [2.24, 2.45) is 0 Å². The maximum atomic E-state index is 13.8. The summed E-state index contributed by atoms with van der Waals surface area (Å²) >= 11 is 0. The van der Waals surface area contributed by atoms with Crippen molar-refractivity contribution in [1.82, 2.24) is 0 Å². The maximum absolute atomic E-state index is 13.8. The van der Waals surface area contributed by atoms with Gasteiger partial charge in [-0.15, -0.1) is 0 Å². The van der Waals surface area contributed by atoms with E-state index in [1.165, 1.54) is 6.07 Å². The monoisotopic (exact) mass is 289 g/mol. The quantitative estimate of drug-likeness (QED) is 0.854. The van der Waals surface area contributed by atoms with Gasteiger partial charge in [0.1, 0.15) is 17.3 Å². The molecule has 0 fully saturated rings. The van der Waals surface area contributed by atoms with Gasteiger partial charge < -0.3 is 14.8 Å². The number of methoxy groups -OCH3 is 1. The second-order valence-electron chi connectivity index (χ2n) is 4.71. The number of hydrogen-bond donors (Lipinski definition) is 1. The molecular formula is C17H20FNO2. The normalized spacial score (nSPS) is 11.8. The molecule has 1 N–H and O–H groups in total. The fourth-order valence-electron chi connectivity index (χ4n) is 2.08. The number of anilines is 1. The Balaban J connectivity index is 2.11. The number of benzene rings is 2. The van der Waals surface area contributed by atoms with Gasteiger partial charge in [0.15, 0.2) is 0 Å². The summed E-state index contributed by atoms with van der Waals surface area (Å²) in [5.41, 5.74) is 1.48. The molecule has 0 aliphatic heterocycles. The van der Waals surface area contributed by atoms with E-state index in [0.717, 1.165) is 11.3 Å². The first-order chi connectivity index (χ1) is 10.1. The van der Waals surface area contributed by atoms with Gasteiger partial charge >= 0.3 is 0 Å². The van der Waals surface area contributed by atoms with Crippen LogP contribution in [0, 0.1) is 5.82 Å². The van der Waals surface area contributed by atoms with Gasteiger partial charge in [0.05, 0.1) is 19.4 Å². The summed E-state index contributed by atoms with van der Waals surface area (Å²) in [6.07, 6.45) is 0. The summed E-state index contributed by atoms with van der Waals surface area (Å²) in [7, 11) is 1.56. The van der Waals surface area contributed by atoms with Crippen LogP contribution in [0.15, 0.2) is 42.5 Å². The highest BCUT2D eigenvalue weighted by atomic mass is 19.1. The molecule has 0 saturated heterocycles. The minimum absolute atomic E-state index is 0.0257. The molecule has 0 amide bonds. The van der Waals surface area contributed by atoms with E-state index in [1.807, 2.05) is 38.1 Å². The topological polar surface area (TPSA) is 30.5 Å². The molecule has 2 aromatic rings. The molecule has 1 unspecified atom stereocenters. The zero-order valence-corrected chi connectivity index (χ0v) is 12.5. The van der Waals surface area contributed by atoms with Gasteiger partial charge in [0.25, 0.3) is 0 Å². The van der Waals surface area contributed by atoms with Crippen LogP contribution in [-0.4, -0.2) is 13.7 Å². The van der Waals surface area contributed by atoms with Crippen LogP contribution < -0.4 is 14.8 Å². The van der Waals surface area contributed by atoms with Crippen molar-refractivity contribution in [3.8, 4) is 11.5 Å². The average molecular weight is 289 g/mol. The highest BCUT2D eigenvalue weighted by Crippen LogP contribution is 2.26. The molecule has 0 aliphatic rings. The standard InChI is InChI=1S/C17H20FNO2/c1-4-21-14-7-5-13(6-8-14)12(2)19-17-11-15(20-3)9-10-16(17)18/h5-12,19H,4H2,1-3H3. The van der Waals surface area contributed by atoms with Crippen molar-refractivity contribution in [2.45, 2.75) is 19.9 Å². The van der Waals surface area contributed by atoms with E-state index in [0.29, 0.717) is 18.0 Å². The van der Waals surface area contributed by atoms with Crippen molar-refractivity contribution in [1.29, 1.82) is 0 Å². The fraction of sp³-hybridized carbons (Fsp3) is 0.294. The van der Waals surface area contributed by atoms with E-state index in [1.54, 1.807) is 19.2 Å². The van der Waals surface area contributed by atoms with Crippen LogP contribution in [0.5, 0.6) is 11.5 Å². The summed E-state index contributed by atoms with van der Waals surface area (Å²) < 4.78 is 24.3. The van der Waals surface area contributed by atoms with Crippen molar-refractivity contribution in [3.05, 3.63) is 53.8 Å². The zero-order chi connectivity index (χ0) is 15.2. The van der Waals surface area contributed by atoms with Gasteiger partial charge in [0, 0.05) is 12.1 Å². The number of nitrogens with one attached hydrogen (secondary N) is 1. The van der Waals surface area contributed by atoms with Crippen molar-refractivity contribution in [3.63, 3.8) is 0 Å². The molecule has 0 spiro atoms. The average Bonchev–Trinajstić information content (AvgIpc) is 2.50. The molecule has 21 heavy (non-hydrogen) atoms. The third-order valence-corrected chi connectivity index (χ3v) is 3.24. The van der Waals surface area contributed by atoms with Crippen LogP contribution in [0.25, 0.3) is 0 Å². The van der Waals surface area contributed by atoms with Crippen LogP contribution in [0.1, 0.15) is 25.5 Å². The van der Waals surface area contributed by atoms with Gasteiger partial charge in [-0.05, 0) is 43.7 Å². The predicted octanol–water partition coefficient (Wildman–Crippen LogP) is 4.41. The van der Waals surface area contributed by atoms with E-state index in [9.17, 15) is 4.39 Å². The summed E-state index contributed by atoms with van der Waals surface area (Å²) in [6, 6.07) is 12.4. The molecule has 2 rings (SSSR count). The number of ether oxygens (including phenoxy) is 2. The lowest BCUT2D eigenvalue weighted by atomic mass is 10.1. The minimum Gasteiger partial charge on any atom is -0.497 e. The van der Waals surface area contributed by atoms with E-state index >= 15 is 0 Å². The van der Waals surface area contributed by atoms with Gasteiger partial charge in [-0.3, -0.25) is 0 Å². The second-order valence-corrected chi connectivity index (χ2v) is 4.71. The molecule has 112 valence electrons. The van der Waals surface area contributed by atoms with Crippen LogP contribution >= 0.6 is 0 Å². The number of hydrogen-bond acceptors (Lipinski definition) is 3. The summed E-state index contributed by atoms with van der Waals surface area (Å²) in [5.74, 6) is 1.16. The van der Waals surface area contributed by atoms with Crippen molar-refractivity contribution in [2.75, 3.05) is 19.0 Å². The first-order valence-electron chi connectivity index (χ1n) is 6.97. The number of halogens is 1. The Kier molecular flexibility index (Phi) is 5.04. The molecule has 0 radical (unpaired) electrons. The van der Waals surface area contributed by atoms with E-state index in [-0.39, 0.29) is 11.9 Å². The predicted molar refractivity (Wildman–Crippen MR) is 82.6 cm³/mol. The fourth-order valence-corrected chi connectivity index (χ4v) is 2.08. The first kappa shape index (κ1) is 15.2. The molecule has 0 saturated carbocycles. The van der Waals surface area contributed by atoms with Crippen LogP contribution in [-0.2, 0) is 0 Å². The zero-order valence-electron chi connectivity index (χ0n) is 12.5. The smallest absolute Gasteiger partial charge is 0.146 e. The van der Waals surface area contributed by atoms with Gasteiger partial charge in [-0.2, -0.15) is 0 Å². The molecule has 4 heteroatoms. The van der Waals surface area contributed by atoms with Crippen LogP contribution in [0.3, 0.4) is 0 Å². The molecule has 1 atom stereocenters. The Morgan fingerprint density at radius 1 is 1.10 bits per heavy atom. The third-order valence-electron chi connectivity index (χ3n) is 3.24. The van der Waals surface area contributed by atoms with Gasteiger partial charge in [0.2, 0.25) is 0 Å². The first-order valence-corrected chi connectivity index (χ1v) is 6.97. The highest BCUT2D eigenvalue weighted by molar-refractivity contribution is 5.51. The van der Waals surface area contributed by atoms with Crippen LogP contribution in [0.4, 0.5) is 10.1 Å². The second kappa shape index (κ2) is 6.97. The summed E-state index contributed by atoms with van der Waals surface area (Å²) in [5, 5.41) is 3.16. The molecule has 0 heterocycles. The lowest BCUT2D eigenvalue weighted by Gasteiger charge is -2.17. The van der Waals surface area contributed by atoms with Gasteiger partial charge in [-0.1, -0.05) is 12.1 Å². The SMILES string of the molecule is CCOc1ccc(C(C)Nc2cc(OC)ccc2F)cc1. The van der Waals surface area contributed by atoms with Gasteiger partial charge in [-0.25, -0.2) is 4.39 Å². The molecule has 2 aromatic carbocycles. The molecule has 0 aromatic heterocycles. The van der Waals surface area contributed by atoms with E-state index in [4.69, 9.17) is 9.47 Å². The van der Waals surface area contributed by atoms with Crippen molar-refractivity contribution < 1.29 is 13.9 Å². The molecular weight excluding hydrogens is 269 g/mol. The Morgan fingerprint density at radius 3 is 2.38 bits per heavy atom. The molecule has 0 aliphatic carbocycles. The Bertz CT molecular complexity index is 584. The largest absolute Gasteiger partial charge is 0.497 e. The Labute approximate surface area is 124 Å². The maximum Gasteiger partial charge on any atom is 0.146 e. The Morgan fingerprint density at radius 2 is 1.76 bits per heavy atom. The lowest BCUT2D eigenvalue weighted by molar-refractivity contribution is 0.340.